The molecule has 0 spiro atoms. The second-order valence-corrected chi connectivity index (χ2v) is 5.22. The standard InChI is InChI=1S/C10H17ClN2OS/c1-4-13(5-7(2)3)10-12-9(11)8(6-14)15-10/h7,14H,4-6H2,1-3H3. The molecule has 1 aromatic heterocycles. The van der Waals surface area contributed by atoms with Gasteiger partial charge in [-0.3, -0.25) is 0 Å². The van der Waals surface area contributed by atoms with E-state index in [0.29, 0.717) is 11.1 Å². The maximum atomic E-state index is 9.04. The Balaban J connectivity index is 2.82. The van der Waals surface area contributed by atoms with E-state index in [1.54, 1.807) is 0 Å². The summed E-state index contributed by atoms with van der Waals surface area (Å²) in [5.74, 6) is 0.588. The largest absolute Gasteiger partial charge is 0.391 e. The SMILES string of the molecule is CCN(CC(C)C)c1nc(Cl)c(CO)s1. The first-order chi connectivity index (χ1) is 7.08. The zero-order valence-electron chi connectivity index (χ0n) is 9.33. The summed E-state index contributed by atoms with van der Waals surface area (Å²) in [5, 5.41) is 10.4. The number of aliphatic hydroxyl groups is 1. The van der Waals surface area contributed by atoms with Crippen molar-refractivity contribution in [3.63, 3.8) is 0 Å². The number of aromatic nitrogens is 1. The molecule has 0 atom stereocenters. The predicted octanol–water partition coefficient (Wildman–Crippen LogP) is 2.77. The summed E-state index contributed by atoms with van der Waals surface area (Å²) in [6.07, 6.45) is 0. The van der Waals surface area contributed by atoms with Crippen LogP contribution >= 0.6 is 22.9 Å². The van der Waals surface area contributed by atoms with Crippen LogP contribution in [0, 0.1) is 5.92 Å². The first kappa shape index (κ1) is 12.7. The van der Waals surface area contributed by atoms with Gasteiger partial charge in [-0.1, -0.05) is 36.8 Å². The van der Waals surface area contributed by atoms with Crippen molar-refractivity contribution in [2.24, 2.45) is 5.92 Å². The number of hydrogen-bond donors (Lipinski definition) is 1. The van der Waals surface area contributed by atoms with Gasteiger partial charge < -0.3 is 10.0 Å². The summed E-state index contributed by atoms with van der Waals surface area (Å²) in [6.45, 7) is 8.28. The molecular weight excluding hydrogens is 232 g/mol. The van der Waals surface area contributed by atoms with E-state index in [2.05, 4.69) is 30.7 Å². The summed E-state index contributed by atoms with van der Waals surface area (Å²) >= 11 is 7.36. The molecule has 0 radical (unpaired) electrons. The monoisotopic (exact) mass is 248 g/mol. The third-order valence-electron chi connectivity index (χ3n) is 2.02. The molecule has 0 aliphatic heterocycles. The molecule has 1 N–H and O–H groups in total. The van der Waals surface area contributed by atoms with Gasteiger partial charge in [-0.05, 0) is 12.8 Å². The fraction of sp³-hybridized carbons (Fsp3) is 0.700. The minimum atomic E-state index is -0.0320. The van der Waals surface area contributed by atoms with Crippen molar-refractivity contribution >= 4 is 28.1 Å². The summed E-state index contributed by atoms with van der Waals surface area (Å²) < 4.78 is 0. The molecule has 15 heavy (non-hydrogen) atoms. The van der Waals surface area contributed by atoms with E-state index < -0.39 is 0 Å². The number of rotatable bonds is 5. The van der Waals surface area contributed by atoms with Gasteiger partial charge in [-0.2, -0.15) is 0 Å². The lowest BCUT2D eigenvalue weighted by Gasteiger charge is -2.21. The van der Waals surface area contributed by atoms with E-state index in [1.807, 2.05) is 0 Å². The molecule has 3 nitrogen and oxygen atoms in total. The maximum absolute atomic E-state index is 9.04. The van der Waals surface area contributed by atoms with E-state index in [4.69, 9.17) is 16.7 Å². The highest BCUT2D eigenvalue weighted by molar-refractivity contribution is 7.16. The second-order valence-electron chi connectivity index (χ2n) is 3.80. The molecule has 0 aliphatic rings. The Morgan fingerprint density at radius 3 is 2.60 bits per heavy atom. The van der Waals surface area contributed by atoms with Crippen molar-refractivity contribution in [2.75, 3.05) is 18.0 Å². The van der Waals surface area contributed by atoms with Crippen LogP contribution in [0.3, 0.4) is 0 Å². The molecule has 5 heteroatoms. The van der Waals surface area contributed by atoms with Gasteiger partial charge in [-0.25, -0.2) is 4.98 Å². The molecule has 0 aromatic carbocycles. The number of hydrogen-bond acceptors (Lipinski definition) is 4. The fourth-order valence-electron chi connectivity index (χ4n) is 1.34. The van der Waals surface area contributed by atoms with Crippen LogP contribution in [0.5, 0.6) is 0 Å². The Bertz CT molecular complexity index is 314. The lowest BCUT2D eigenvalue weighted by Crippen LogP contribution is -2.26. The van der Waals surface area contributed by atoms with Gasteiger partial charge in [0.1, 0.15) is 5.15 Å². The molecule has 0 saturated carbocycles. The summed E-state index contributed by atoms with van der Waals surface area (Å²) in [7, 11) is 0. The highest BCUT2D eigenvalue weighted by Crippen LogP contribution is 2.29. The fourth-order valence-corrected chi connectivity index (χ4v) is 2.53. The Hall–Kier alpha value is -0.320. The predicted molar refractivity (Wildman–Crippen MR) is 65.8 cm³/mol. The van der Waals surface area contributed by atoms with E-state index in [1.165, 1.54) is 11.3 Å². The first-order valence-electron chi connectivity index (χ1n) is 5.09. The molecule has 86 valence electrons. The van der Waals surface area contributed by atoms with Crippen molar-refractivity contribution < 1.29 is 5.11 Å². The van der Waals surface area contributed by atoms with Gasteiger partial charge in [0.25, 0.3) is 0 Å². The number of thiazole rings is 1. The average Bonchev–Trinajstić information content (AvgIpc) is 2.55. The van der Waals surface area contributed by atoms with Gasteiger partial charge in [0.05, 0.1) is 11.5 Å². The quantitative estimate of drug-likeness (QED) is 0.871. The van der Waals surface area contributed by atoms with E-state index >= 15 is 0 Å². The van der Waals surface area contributed by atoms with E-state index in [0.717, 1.165) is 23.1 Å². The molecule has 0 aliphatic carbocycles. The van der Waals surface area contributed by atoms with Gasteiger partial charge in [0.2, 0.25) is 0 Å². The van der Waals surface area contributed by atoms with Crippen molar-refractivity contribution in [3.05, 3.63) is 10.0 Å². The van der Waals surface area contributed by atoms with Crippen LogP contribution in [-0.2, 0) is 6.61 Å². The van der Waals surface area contributed by atoms with Crippen LogP contribution in [-0.4, -0.2) is 23.2 Å². The lowest BCUT2D eigenvalue weighted by atomic mass is 10.2. The normalized spacial score (nSPS) is 11.1. The maximum Gasteiger partial charge on any atom is 0.187 e. The Kier molecular flexibility index (Phi) is 4.83. The van der Waals surface area contributed by atoms with Crippen LogP contribution < -0.4 is 4.90 Å². The smallest absolute Gasteiger partial charge is 0.187 e. The van der Waals surface area contributed by atoms with Gasteiger partial charge >= 0.3 is 0 Å². The molecule has 0 bridgehead atoms. The summed E-state index contributed by atoms with van der Waals surface area (Å²) in [6, 6.07) is 0. The third-order valence-corrected chi connectivity index (χ3v) is 3.55. The molecule has 0 unspecified atom stereocenters. The van der Waals surface area contributed by atoms with Gasteiger partial charge in [0.15, 0.2) is 5.13 Å². The van der Waals surface area contributed by atoms with Gasteiger partial charge in [-0.15, -0.1) is 0 Å². The molecule has 0 amide bonds. The number of nitrogens with zero attached hydrogens (tertiary/aromatic N) is 2. The molecule has 0 fully saturated rings. The minimum Gasteiger partial charge on any atom is -0.391 e. The molecule has 1 heterocycles. The topological polar surface area (TPSA) is 36.4 Å². The lowest BCUT2D eigenvalue weighted by molar-refractivity contribution is 0.285. The number of aliphatic hydroxyl groups excluding tert-OH is 1. The van der Waals surface area contributed by atoms with Crippen LogP contribution in [0.25, 0.3) is 0 Å². The number of anilines is 1. The minimum absolute atomic E-state index is 0.0320. The van der Waals surface area contributed by atoms with E-state index in [9.17, 15) is 0 Å². The molecule has 1 aromatic rings. The van der Waals surface area contributed by atoms with Crippen molar-refractivity contribution in [2.45, 2.75) is 27.4 Å². The van der Waals surface area contributed by atoms with Crippen LogP contribution in [0.4, 0.5) is 5.13 Å². The first-order valence-corrected chi connectivity index (χ1v) is 6.28. The van der Waals surface area contributed by atoms with E-state index in [-0.39, 0.29) is 6.61 Å². The van der Waals surface area contributed by atoms with Crippen LogP contribution in [0.15, 0.2) is 0 Å². The van der Waals surface area contributed by atoms with Gasteiger partial charge in [0, 0.05) is 13.1 Å². The molecule has 1 rings (SSSR count). The summed E-state index contributed by atoms with van der Waals surface area (Å²) in [5.41, 5.74) is 0. The van der Waals surface area contributed by atoms with Crippen LogP contribution in [0.1, 0.15) is 25.6 Å². The highest BCUT2D eigenvalue weighted by atomic mass is 35.5. The summed E-state index contributed by atoms with van der Waals surface area (Å²) in [4.78, 5) is 7.18. The van der Waals surface area contributed by atoms with Crippen molar-refractivity contribution in [1.29, 1.82) is 0 Å². The average molecular weight is 249 g/mol. The number of halogens is 1. The highest BCUT2D eigenvalue weighted by Gasteiger charge is 2.14. The molecule has 0 saturated heterocycles. The Morgan fingerprint density at radius 2 is 2.20 bits per heavy atom. The Morgan fingerprint density at radius 1 is 1.53 bits per heavy atom. The molecular formula is C10H17ClN2OS. The van der Waals surface area contributed by atoms with Crippen molar-refractivity contribution in [3.8, 4) is 0 Å². The van der Waals surface area contributed by atoms with Crippen molar-refractivity contribution in [1.82, 2.24) is 4.98 Å². The zero-order valence-corrected chi connectivity index (χ0v) is 10.9. The third kappa shape index (κ3) is 3.33. The second kappa shape index (κ2) is 5.68. The Labute approximate surface area is 99.7 Å². The zero-order chi connectivity index (χ0) is 11.4. The van der Waals surface area contributed by atoms with Crippen LogP contribution in [0.2, 0.25) is 5.15 Å².